The Morgan fingerprint density at radius 1 is 0.867 bits per heavy atom. The standard InChI is InChI=1S/C26H30ClNO2/c1-3-29-26-17-22(18-28-20(2)13-14-21-9-5-4-6-10-21)15-16-25(26)30-19-23-11-7-8-12-24(23)27/h4-12,15-17,20,28H,3,13-14,18-19H2,1-2H3/t20-/m1/s1. The van der Waals surface area contributed by atoms with E-state index < -0.39 is 0 Å². The maximum absolute atomic E-state index is 6.23. The lowest BCUT2D eigenvalue weighted by Gasteiger charge is -2.16. The largest absolute Gasteiger partial charge is 0.490 e. The van der Waals surface area contributed by atoms with E-state index in [9.17, 15) is 0 Å². The average Bonchev–Trinajstić information content (AvgIpc) is 2.77. The molecule has 3 rings (SSSR count). The molecule has 3 aromatic carbocycles. The monoisotopic (exact) mass is 423 g/mol. The summed E-state index contributed by atoms with van der Waals surface area (Å²) >= 11 is 6.23. The van der Waals surface area contributed by atoms with Crippen molar-refractivity contribution >= 4 is 11.6 Å². The van der Waals surface area contributed by atoms with Crippen LogP contribution in [-0.4, -0.2) is 12.6 Å². The van der Waals surface area contributed by atoms with E-state index in [1.807, 2.05) is 37.3 Å². The van der Waals surface area contributed by atoms with Crippen LogP contribution in [0.25, 0.3) is 0 Å². The number of rotatable bonds is 11. The van der Waals surface area contributed by atoms with Crippen molar-refractivity contribution in [2.75, 3.05) is 6.61 Å². The van der Waals surface area contributed by atoms with Gasteiger partial charge in [0.25, 0.3) is 0 Å². The molecular formula is C26H30ClNO2. The Hall–Kier alpha value is -2.49. The van der Waals surface area contributed by atoms with Crippen LogP contribution >= 0.6 is 11.6 Å². The zero-order valence-corrected chi connectivity index (χ0v) is 18.5. The fourth-order valence-electron chi connectivity index (χ4n) is 3.24. The molecule has 3 aromatic rings. The molecule has 0 aromatic heterocycles. The maximum Gasteiger partial charge on any atom is 0.161 e. The van der Waals surface area contributed by atoms with Crippen LogP contribution in [0.15, 0.2) is 72.8 Å². The van der Waals surface area contributed by atoms with Gasteiger partial charge in [0.1, 0.15) is 6.61 Å². The molecule has 0 saturated heterocycles. The van der Waals surface area contributed by atoms with E-state index in [0.717, 1.165) is 36.4 Å². The second-order valence-corrected chi connectivity index (χ2v) is 7.81. The van der Waals surface area contributed by atoms with Crippen molar-refractivity contribution in [1.29, 1.82) is 0 Å². The molecule has 158 valence electrons. The van der Waals surface area contributed by atoms with Gasteiger partial charge in [-0.25, -0.2) is 0 Å². The van der Waals surface area contributed by atoms with Crippen molar-refractivity contribution in [3.63, 3.8) is 0 Å². The summed E-state index contributed by atoms with van der Waals surface area (Å²) in [5.74, 6) is 1.50. The van der Waals surface area contributed by atoms with Crippen molar-refractivity contribution < 1.29 is 9.47 Å². The highest BCUT2D eigenvalue weighted by atomic mass is 35.5. The van der Waals surface area contributed by atoms with E-state index in [1.165, 1.54) is 11.1 Å². The minimum Gasteiger partial charge on any atom is -0.490 e. The number of benzene rings is 3. The Kier molecular flexibility index (Phi) is 8.61. The van der Waals surface area contributed by atoms with E-state index in [2.05, 4.69) is 54.7 Å². The van der Waals surface area contributed by atoms with E-state index >= 15 is 0 Å². The summed E-state index contributed by atoms with van der Waals surface area (Å²) in [7, 11) is 0. The third-order valence-electron chi connectivity index (χ3n) is 5.01. The molecule has 0 radical (unpaired) electrons. The lowest BCUT2D eigenvalue weighted by Crippen LogP contribution is -2.26. The number of halogens is 1. The fraction of sp³-hybridized carbons (Fsp3) is 0.308. The molecule has 1 atom stereocenters. The molecule has 0 aliphatic heterocycles. The molecule has 0 aliphatic rings. The quantitative estimate of drug-likeness (QED) is 0.385. The molecule has 0 unspecified atom stereocenters. The van der Waals surface area contributed by atoms with Crippen LogP contribution in [0.3, 0.4) is 0 Å². The minimum absolute atomic E-state index is 0.411. The van der Waals surface area contributed by atoms with Gasteiger partial charge < -0.3 is 14.8 Å². The first-order valence-corrected chi connectivity index (χ1v) is 10.9. The summed E-state index contributed by atoms with van der Waals surface area (Å²) in [5, 5.41) is 4.32. The average molecular weight is 424 g/mol. The zero-order valence-electron chi connectivity index (χ0n) is 17.7. The lowest BCUT2D eigenvalue weighted by atomic mass is 10.1. The highest BCUT2D eigenvalue weighted by Gasteiger charge is 2.09. The Morgan fingerprint density at radius 2 is 1.63 bits per heavy atom. The topological polar surface area (TPSA) is 30.5 Å². The van der Waals surface area contributed by atoms with E-state index in [0.29, 0.717) is 24.3 Å². The Bertz CT molecular complexity index is 914. The molecule has 0 heterocycles. The van der Waals surface area contributed by atoms with Crippen molar-refractivity contribution in [2.24, 2.45) is 0 Å². The van der Waals surface area contributed by atoms with E-state index in [-0.39, 0.29) is 0 Å². The van der Waals surface area contributed by atoms with Gasteiger partial charge in [0, 0.05) is 23.2 Å². The highest BCUT2D eigenvalue weighted by molar-refractivity contribution is 6.31. The van der Waals surface area contributed by atoms with Crippen LogP contribution in [-0.2, 0) is 19.6 Å². The van der Waals surface area contributed by atoms with Gasteiger partial charge in [-0.15, -0.1) is 0 Å². The van der Waals surface area contributed by atoms with Gasteiger partial charge in [0.2, 0.25) is 0 Å². The fourth-order valence-corrected chi connectivity index (χ4v) is 3.43. The Morgan fingerprint density at radius 3 is 2.40 bits per heavy atom. The van der Waals surface area contributed by atoms with Gasteiger partial charge in [-0.2, -0.15) is 0 Å². The molecule has 0 saturated carbocycles. The highest BCUT2D eigenvalue weighted by Crippen LogP contribution is 2.30. The van der Waals surface area contributed by atoms with Crippen molar-refractivity contribution in [3.8, 4) is 11.5 Å². The molecule has 3 nitrogen and oxygen atoms in total. The first-order chi connectivity index (χ1) is 14.7. The molecule has 0 spiro atoms. The van der Waals surface area contributed by atoms with Gasteiger partial charge in [-0.3, -0.25) is 0 Å². The molecule has 0 aliphatic carbocycles. The summed E-state index contributed by atoms with van der Waals surface area (Å²) in [6.07, 6.45) is 2.18. The number of ether oxygens (including phenoxy) is 2. The molecule has 0 fully saturated rings. The number of hydrogen-bond donors (Lipinski definition) is 1. The van der Waals surface area contributed by atoms with Crippen molar-refractivity contribution in [2.45, 2.75) is 45.9 Å². The van der Waals surface area contributed by atoms with Crippen LogP contribution in [0, 0.1) is 0 Å². The number of hydrogen-bond acceptors (Lipinski definition) is 3. The summed E-state index contributed by atoms with van der Waals surface area (Å²) in [4.78, 5) is 0. The molecule has 0 bridgehead atoms. The third kappa shape index (κ3) is 6.79. The summed E-state index contributed by atoms with van der Waals surface area (Å²) in [6.45, 7) is 6.00. The van der Waals surface area contributed by atoms with E-state index in [4.69, 9.17) is 21.1 Å². The molecule has 0 amide bonds. The van der Waals surface area contributed by atoms with Gasteiger partial charge in [0.05, 0.1) is 6.61 Å². The van der Waals surface area contributed by atoms with Crippen molar-refractivity contribution in [3.05, 3.63) is 94.5 Å². The first-order valence-electron chi connectivity index (χ1n) is 10.5. The van der Waals surface area contributed by atoms with Crippen LogP contribution in [0.1, 0.15) is 37.0 Å². The SMILES string of the molecule is CCOc1cc(CN[C@H](C)CCc2ccccc2)ccc1OCc1ccccc1Cl. The van der Waals surface area contributed by atoms with Crippen LogP contribution in [0.4, 0.5) is 0 Å². The van der Waals surface area contributed by atoms with Crippen molar-refractivity contribution in [1.82, 2.24) is 5.32 Å². The summed E-state index contributed by atoms with van der Waals surface area (Å²) in [6, 6.07) is 24.9. The molecular weight excluding hydrogens is 394 g/mol. The first kappa shape index (κ1) is 22.2. The second-order valence-electron chi connectivity index (χ2n) is 7.40. The minimum atomic E-state index is 0.411. The third-order valence-corrected chi connectivity index (χ3v) is 5.38. The predicted molar refractivity (Wildman–Crippen MR) is 124 cm³/mol. The number of nitrogens with one attached hydrogen (secondary N) is 1. The van der Waals surface area contributed by atoms with Gasteiger partial charge in [-0.1, -0.05) is 66.2 Å². The summed E-state index contributed by atoms with van der Waals surface area (Å²) < 4.78 is 11.8. The summed E-state index contributed by atoms with van der Waals surface area (Å²) in [5.41, 5.74) is 3.51. The van der Waals surface area contributed by atoms with Gasteiger partial charge in [-0.05, 0) is 56.0 Å². The Labute approximate surface area is 185 Å². The number of aryl methyl sites for hydroxylation is 1. The molecule has 4 heteroatoms. The predicted octanol–water partition coefficient (Wildman–Crippen LogP) is 6.43. The van der Waals surface area contributed by atoms with Gasteiger partial charge in [0.15, 0.2) is 11.5 Å². The maximum atomic E-state index is 6.23. The zero-order chi connectivity index (χ0) is 21.2. The Balaban J connectivity index is 1.55. The van der Waals surface area contributed by atoms with Crippen LogP contribution in [0.5, 0.6) is 11.5 Å². The van der Waals surface area contributed by atoms with E-state index in [1.54, 1.807) is 0 Å². The van der Waals surface area contributed by atoms with Gasteiger partial charge >= 0.3 is 0 Å². The normalized spacial score (nSPS) is 11.8. The second kappa shape index (κ2) is 11.6. The van der Waals surface area contributed by atoms with Crippen LogP contribution < -0.4 is 14.8 Å². The smallest absolute Gasteiger partial charge is 0.161 e. The molecule has 1 N–H and O–H groups in total. The molecule has 30 heavy (non-hydrogen) atoms. The lowest BCUT2D eigenvalue weighted by molar-refractivity contribution is 0.269. The van der Waals surface area contributed by atoms with Crippen LogP contribution in [0.2, 0.25) is 5.02 Å².